The predicted molar refractivity (Wildman–Crippen MR) is 88.1 cm³/mol. The van der Waals surface area contributed by atoms with Crippen LogP contribution in [-0.4, -0.2) is 24.5 Å². The Morgan fingerprint density at radius 1 is 1.12 bits per heavy atom. The molecule has 1 rings (SSSR count). The first-order chi connectivity index (χ1) is 11.8. The number of hydrogen-bond donors (Lipinski definition) is 1. The third-order valence-electron chi connectivity index (χ3n) is 3.67. The summed E-state index contributed by atoms with van der Waals surface area (Å²) in [4.78, 5) is 23.9. The fourth-order valence-corrected chi connectivity index (χ4v) is 2.27. The van der Waals surface area contributed by atoms with Crippen LogP contribution in [0.5, 0.6) is 0 Å². The van der Waals surface area contributed by atoms with Crippen molar-refractivity contribution in [3.05, 3.63) is 35.4 Å². The summed E-state index contributed by atoms with van der Waals surface area (Å²) in [6.07, 6.45) is 0.330. The molecule has 0 spiro atoms. The maximum absolute atomic E-state index is 12.9. The van der Waals surface area contributed by atoms with Crippen molar-refractivity contribution in [2.75, 3.05) is 6.61 Å². The molecule has 0 radical (unpaired) electrons. The minimum absolute atomic E-state index is 0.238. The standard InChI is InChI=1S/C18H24F3NO3/c1-3-4-5-6-9-12-25-17(24)13(2)22-16(23)14-10-7-8-11-15(14)18(19,20)21/h7-8,10-11,13H,3-6,9,12H2,1-2H3,(H,22,23). The Balaban J connectivity index is 2.53. The molecular formula is C18H24F3NO3. The van der Waals surface area contributed by atoms with Gasteiger partial charge in [0.15, 0.2) is 0 Å². The summed E-state index contributed by atoms with van der Waals surface area (Å²) < 4.78 is 43.8. The highest BCUT2D eigenvalue weighted by Crippen LogP contribution is 2.31. The maximum atomic E-state index is 12.9. The third kappa shape index (κ3) is 7.15. The molecule has 1 unspecified atom stereocenters. The molecule has 0 aliphatic heterocycles. The number of amides is 1. The number of carbonyl (C=O) groups is 2. The van der Waals surface area contributed by atoms with Crippen LogP contribution in [0.4, 0.5) is 13.2 Å². The van der Waals surface area contributed by atoms with Crippen molar-refractivity contribution in [2.45, 2.75) is 58.2 Å². The molecule has 0 bridgehead atoms. The smallest absolute Gasteiger partial charge is 0.417 e. The number of ether oxygens (including phenoxy) is 1. The Hall–Kier alpha value is -2.05. The van der Waals surface area contributed by atoms with Gasteiger partial charge >= 0.3 is 12.1 Å². The molecule has 1 atom stereocenters. The second kappa shape index (κ2) is 10.1. The predicted octanol–water partition coefficient (Wildman–Crippen LogP) is 4.34. The lowest BCUT2D eigenvalue weighted by atomic mass is 10.1. The molecule has 0 aromatic heterocycles. The number of unbranched alkanes of at least 4 members (excludes halogenated alkanes) is 4. The zero-order valence-corrected chi connectivity index (χ0v) is 14.5. The van der Waals surface area contributed by atoms with Crippen LogP contribution in [0.1, 0.15) is 61.9 Å². The molecule has 1 aromatic rings. The van der Waals surface area contributed by atoms with Gasteiger partial charge in [0, 0.05) is 0 Å². The van der Waals surface area contributed by atoms with Gasteiger partial charge in [-0.25, -0.2) is 4.79 Å². The van der Waals surface area contributed by atoms with Gasteiger partial charge in [0.05, 0.1) is 17.7 Å². The van der Waals surface area contributed by atoms with Gasteiger partial charge in [-0.05, 0) is 25.5 Å². The average Bonchev–Trinajstić information content (AvgIpc) is 2.56. The van der Waals surface area contributed by atoms with Crippen molar-refractivity contribution in [3.63, 3.8) is 0 Å². The second-order valence-electron chi connectivity index (χ2n) is 5.82. The maximum Gasteiger partial charge on any atom is 0.417 e. The van der Waals surface area contributed by atoms with E-state index in [2.05, 4.69) is 12.2 Å². The Labute approximate surface area is 145 Å². The van der Waals surface area contributed by atoms with Gasteiger partial charge in [-0.2, -0.15) is 13.2 Å². The minimum Gasteiger partial charge on any atom is -0.464 e. The first kappa shape index (κ1) is 21.0. The quantitative estimate of drug-likeness (QED) is 0.527. The van der Waals surface area contributed by atoms with Crippen LogP contribution in [0.15, 0.2) is 24.3 Å². The lowest BCUT2D eigenvalue weighted by molar-refractivity contribution is -0.145. The number of alkyl halides is 3. The van der Waals surface area contributed by atoms with Crippen molar-refractivity contribution in [2.24, 2.45) is 0 Å². The number of rotatable bonds is 9. The monoisotopic (exact) mass is 359 g/mol. The summed E-state index contributed by atoms with van der Waals surface area (Å²) in [6.45, 7) is 3.72. The van der Waals surface area contributed by atoms with Crippen LogP contribution in [0, 0.1) is 0 Å². The number of benzene rings is 1. The summed E-state index contributed by atoms with van der Waals surface area (Å²) in [6, 6.07) is 3.42. The van der Waals surface area contributed by atoms with Crippen molar-refractivity contribution in [1.29, 1.82) is 0 Å². The van der Waals surface area contributed by atoms with Crippen molar-refractivity contribution in [1.82, 2.24) is 5.32 Å². The molecule has 0 saturated carbocycles. The molecule has 7 heteroatoms. The molecule has 25 heavy (non-hydrogen) atoms. The Kier molecular flexibility index (Phi) is 8.45. The molecule has 4 nitrogen and oxygen atoms in total. The SMILES string of the molecule is CCCCCCCOC(=O)C(C)NC(=O)c1ccccc1C(F)(F)F. The largest absolute Gasteiger partial charge is 0.464 e. The number of nitrogens with one attached hydrogen (secondary N) is 1. The van der Waals surface area contributed by atoms with Crippen molar-refractivity contribution < 1.29 is 27.5 Å². The fraction of sp³-hybridized carbons (Fsp3) is 0.556. The molecule has 140 valence electrons. The number of esters is 1. The first-order valence-electron chi connectivity index (χ1n) is 8.41. The van der Waals surface area contributed by atoms with Gasteiger partial charge < -0.3 is 10.1 Å². The van der Waals surface area contributed by atoms with E-state index in [-0.39, 0.29) is 6.61 Å². The summed E-state index contributed by atoms with van der Waals surface area (Å²) >= 11 is 0. The zero-order valence-electron chi connectivity index (χ0n) is 14.5. The third-order valence-corrected chi connectivity index (χ3v) is 3.67. The van der Waals surface area contributed by atoms with Crippen LogP contribution in [0.2, 0.25) is 0 Å². The Bertz CT molecular complexity index is 573. The topological polar surface area (TPSA) is 55.4 Å². The highest BCUT2D eigenvalue weighted by atomic mass is 19.4. The highest BCUT2D eigenvalue weighted by molar-refractivity contribution is 5.98. The van der Waals surface area contributed by atoms with E-state index >= 15 is 0 Å². The van der Waals surface area contributed by atoms with Crippen molar-refractivity contribution >= 4 is 11.9 Å². The van der Waals surface area contributed by atoms with Crippen LogP contribution >= 0.6 is 0 Å². The van der Waals surface area contributed by atoms with Crippen LogP contribution in [0.25, 0.3) is 0 Å². The molecule has 1 amide bonds. The van der Waals surface area contributed by atoms with Crippen LogP contribution in [-0.2, 0) is 15.7 Å². The molecule has 0 fully saturated rings. The summed E-state index contributed by atoms with van der Waals surface area (Å²) in [5.41, 5.74) is -1.56. The molecule has 1 aromatic carbocycles. The highest BCUT2D eigenvalue weighted by Gasteiger charge is 2.35. The van der Waals surface area contributed by atoms with E-state index in [9.17, 15) is 22.8 Å². The molecular weight excluding hydrogens is 335 g/mol. The van der Waals surface area contributed by atoms with E-state index in [4.69, 9.17) is 4.74 Å². The lowest BCUT2D eigenvalue weighted by Crippen LogP contribution is -2.40. The Morgan fingerprint density at radius 3 is 2.40 bits per heavy atom. The first-order valence-corrected chi connectivity index (χ1v) is 8.41. The molecule has 0 aliphatic carbocycles. The van der Waals surface area contributed by atoms with Crippen molar-refractivity contribution in [3.8, 4) is 0 Å². The summed E-state index contributed by atoms with van der Waals surface area (Å²) in [7, 11) is 0. The van der Waals surface area contributed by atoms with Gasteiger partial charge in [-0.1, -0.05) is 44.7 Å². The lowest BCUT2D eigenvalue weighted by Gasteiger charge is -2.16. The molecule has 0 aliphatic rings. The van der Waals surface area contributed by atoms with E-state index in [1.54, 1.807) is 0 Å². The number of hydrogen-bond acceptors (Lipinski definition) is 3. The normalized spacial score (nSPS) is 12.5. The zero-order chi connectivity index (χ0) is 18.9. The second-order valence-corrected chi connectivity index (χ2v) is 5.82. The van der Waals surface area contributed by atoms with Gasteiger partial charge in [0.1, 0.15) is 6.04 Å². The van der Waals surface area contributed by atoms with E-state index in [1.807, 2.05) is 0 Å². The molecule has 0 saturated heterocycles. The minimum atomic E-state index is -4.64. The summed E-state index contributed by atoms with van der Waals surface area (Å²) in [5.74, 6) is -1.62. The number of carbonyl (C=O) groups excluding carboxylic acids is 2. The van der Waals surface area contributed by atoms with Gasteiger partial charge in [-0.3, -0.25) is 4.79 Å². The number of halogens is 3. The van der Waals surface area contributed by atoms with E-state index < -0.39 is 35.2 Å². The van der Waals surface area contributed by atoms with Gasteiger partial charge in [-0.15, -0.1) is 0 Å². The summed E-state index contributed by atoms with van der Waals surface area (Å²) in [5, 5.41) is 2.26. The van der Waals surface area contributed by atoms with Gasteiger partial charge in [0.2, 0.25) is 0 Å². The van der Waals surface area contributed by atoms with E-state index in [0.717, 1.165) is 44.2 Å². The molecule has 0 heterocycles. The molecule has 1 N–H and O–H groups in total. The van der Waals surface area contributed by atoms with Gasteiger partial charge in [0.25, 0.3) is 5.91 Å². The fourth-order valence-electron chi connectivity index (χ4n) is 2.27. The van der Waals surface area contributed by atoms with E-state index in [1.165, 1.54) is 19.1 Å². The average molecular weight is 359 g/mol. The van der Waals surface area contributed by atoms with Crippen LogP contribution in [0.3, 0.4) is 0 Å². The van der Waals surface area contributed by atoms with Crippen LogP contribution < -0.4 is 5.32 Å². The van der Waals surface area contributed by atoms with E-state index in [0.29, 0.717) is 0 Å². The Morgan fingerprint density at radius 2 is 1.76 bits per heavy atom.